The van der Waals surface area contributed by atoms with Crippen LogP contribution in [0.5, 0.6) is 11.5 Å². The van der Waals surface area contributed by atoms with E-state index in [1.54, 1.807) is 19.1 Å². The number of ether oxygens (including phenoxy) is 2. The van der Waals surface area contributed by atoms with Gasteiger partial charge in [0.1, 0.15) is 11.5 Å². The van der Waals surface area contributed by atoms with Gasteiger partial charge >= 0.3 is 0 Å². The average Bonchev–Trinajstić information content (AvgIpc) is 3.39. The fourth-order valence-corrected chi connectivity index (χ4v) is 4.94. The van der Waals surface area contributed by atoms with Crippen LogP contribution in [0.4, 0.5) is 5.95 Å². The molecular formula is C29H34N4O4. The average molecular weight is 503 g/mol. The summed E-state index contributed by atoms with van der Waals surface area (Å²) >= 11 is 0. The van der Waals surface area contributed by atoms with Gasteiger partial charge in [-0.15, -0.1) is 0 Å². The van der Waals surface area contributed by atoms with Gasteiger partial charge in [-0.1, -0.05) is 25.0 Å². The van der Waals surface area contributed by atoms with E-state index < -0.39 is 0 Å². The molecule has 1 heterocycles. The predicted octanol–water partition coefficient (Wildman–Crippen LogP) is 4.92. The number of benzene rings is 2. The molecule has 2 amide bonds. The Morgan fingerprint density at radius 3 is 2.41 bits per heavy atom. The Morgan fingerprint density at radius 2 is 1.73 bits per heavy atom. The minimum absolute atomic E-state index is 0.0375. The highest BCUT2D eigenvalue weighted by Crippen LogP contribution is 2.33. The van der Waals surface area contributed by atoms with Gasteiger partial charge in [0.05, 0.1) is 26.5 Å². The fraction of sp³-hybridized carbons (Fsp3) is 0.414. The van der Waals surface area contributed by atoms with Gasteiger partial charge in [0.2, 0.25) is 17.8 Å². The molecule has 0 saturated heterocycles. The summed E-state index contributed by atoms with van der Waals surface area (Å²) in [5.41, 5.74) is 2.39. The van der Waals surface area contributed by atoms with Crippen LogP contribution in [-0.4, -0.2) is 53.6 Å². The minimum atomic E-state index is -0.246. The second-order valence-corrected chi connectivity index (χ2v) is 9.94. The molecule has 0 radical (unpaired) electrons. The number of carbonyl (C=O) groups is 2. The van der Waals surface area contributed by atoms with Crippen molar-refractivity contribution in [3.05, 3.63) is 54.7 Å². The summed E-state index contributed by atoms with van der Waals surface area (Å²) in [5.74, 6) is 2.30. The summed E-state index contributed by atoms with van der Waals surface area (Å²) in [6.45, 7) is 0.695. The van der Waals surface area contributed by atoms with E-state index in [1.165, 1.54) is 0 Å². The zero-order valence-electron chi connectivity index (χ0n) is 21.5. The highest BCUT2D eigenvalue weighted by atomic mass is 16.5. The molecular weight excluding hydrogens is 468 g/mol. The van der Waals surface area contributed by atoms with Crippen molar-refractivity contribution in [2.24, 2.45) is 11.8 Å². The van der Waals surface area contributed by atoms with Gasteiger partial charge in [-0.05, 0) is 68.0 Å². The molecule has 2 aliphatic rings. The Morgan fingerprint density at radius 1 is 1.00 bits per heavy atom. The molecule has 194 valence electrons. The zero-order valence-corrected chi connectivity index (χ0v) is 21.5. The molecule has 8 heteroatoms. The van der Waals surface area contributed by atoms with E-state index >= 15 is 0 Å². The molecule has 2 fully saturated rings. The van der Waals surface area contributed by atoms with Crippen LogP contribution in [0.2, 0.25) is 0 Å². The van der Waals surface area contributed by atoms with Crippen LogP contribution >= 0.6 is 0 Å². The van der Waals surface area contributed by atoms with Gasteiger partial charge in [0.25, 0.3) is 0 Å². The van der Waals surface area contributed by atoms with Crippen LogP contribution < -0.4 is 14.8 Å². The second kappa shape index (κ2) is 11.1. The molecule has 0 atom stereocenters. The first-order valence-corrected chi connectivity index (χ1v) is 13.0. The number of hydrogen-bond acceptors (Lipinski definition) is 5. The zero-order chi connectivity index (χ0) is 25.8. The van der Waals surface area contributed by atoms with Crippen molar-refractivity contribution in [2.45, 2.75) is 38.5 Å². The van der Waals surface area contributed by atoms with Gasteiger partial charge in [-0.3, -0.25) is 19.5 Å². The molecule has 8 nitrogen and oxygen atoms in total. The quantitative estimate of drug-likeness (QED) is 0.425. The number of nitrogens with zero attached hydrogens (tertiary/aromatic N) is 3. The number of hydrogen-bond donors (Lipinski definition) is 1. The summed E-state index contributed by atoms with van der Waals surface area (Å²) in [6.07, 6.45) is 8.17. The van der Waals surface area contributed by atoms with Crippen molar-refractivity contribution in [1.82, 2.24) is 14.5 Å². The number of carbonyl (C=O) groups excluding carboxylic acids is 2. The molecule has 5 rings (SSSR count). The van der Waals surface area contributed by atoms with Crippen LogP contribution in [-0.2, 0) is 9.59 Å². The summed E-state index contributed by atoms with van der Waals surface area (Å²) in [6, 6.07) is 15.2. The van der Waals surface area contributed by atoms with Crippen molar-refractivity contribution < 1.29 is 19.1 Å². The van der Waals surface area contributed by atoms with E-state index in [0.717, 1.165) is 61.3 Å². The van der Waals surface area contributed by atoms with Crippen LogP contribution in [0.1, 0.15) is 38.5 Å². The smallest absolute Gasteiger partial charge is 0.246 e. The standard InChI is InChI=1S/C29H34N4O4/c1-36-24-14-12-23(13-15-24)33-18-26(22-8-5-9-25(16-22)37-2)30-29(33)31-27(34)19-32(17-20-10-11-20)28(35)21-6-3-4-7-21/h5,8-9,12-16,18,20-21H,3-4,6-7,10-11,17,19H2,1-2H3,(H,30,31,34). The molecule has 1 aromatic heterocycles. The van der Waals surface area contributed by atoms with E-state index in [-0.39, 0.29) is 24.3 Å². The molecule has 0 aliphatic heterocycles. The van der Waals surface area contributed by atoms with Crippen molar-refractivity contribution >= 4 is 17.8 Å². The number of amides is 2. The molecule has 2 aromatic carbocycles. The normalized spacial score (nSPS) is 15.4. The van der Waals surface area contributed by atoms with Crippen LogP contribution in [0.15, 0.2) is 54.7 Å². The number of rotatable bonds is 10. The van der Waals surface area contributed by atoms with E-state index in [0.29, 0.717) is 24.1 Å². The highest BCUT2D eigenvalue weighted by Gasteiger charge is 2.33. The molecule has 0 bridgehead atoms. The first-order chi connectivity index (χ1) is 18.0. The highest BCUT2D eigenvalue weighted by molar-refractivity contribution is 5.94. The lowest BCUT2D eigenvalue weighted by atomic mass is 10.1. The van der Waals surface area contributed by atoms with Gasteiger partial charge < -0.3 is 14.4 Å². The number of imidazole rings is 1. The third kappa shape index (κ3) is 5.96. The number of methoxy groups -OCH3 is 2. The Balaban J connectivity index is 1.40. The summed E-state index contributed by atoms with van der Waals surface area (Å²) in [7, 11) is 3.25. The lowest BCUT2D eigenvalue weighted by Gasteiger charge is -2.25. The summed E-state index contributed by atoms with van der Waals surface area (Å²) in [5, 5.41) is 2.98. The van der Waals surface area contributed by atoms with E-state index in [1.807, 2.05) is 59.3 Å². The molecule has 1 N–H and O–H groups in total. The van der Waals surface area contributed by atoms with Gasteiger partial charge in [0, 0.05) is 29.9 Å². The minimum Gasteiger partial charge on any atom is -0.497 e. The van der Waals surface area contributed by atoms with Gasteiger partial charge in [-0.2, -0.15) is 0 Å². The second-order valence-electron chi connectivity index (χ2n) is 9.94. The number of aromatic nitrogens is 2. The molecule has 3 aromatic rings. The summed E-state index contributed by atoms with van der Waals surface area (Å²) in [4.78, 5) is 33.0. The van der Waals surface area contributed by atoms with Crippen LogP contribution in [0.25, 0.3) is 16.9 Å². The van der Waals surface area contributed by atoms with Gasteiger partial charge in [0.15, 0.2) is 0 Å². The maximum absolute atomic E-state index is 13.3. The Kier molecular flexibility index (Phi) is 7.44. The number of nitrogens with one attached hydrogen (secondary N) is 1. The lowest BCUT2D eigenvalue weighted by molar-refractivity contribution is -0.138. The van der Waals surface area contributed by atoms with E-state index in [2.05, 4.69) is 5.32 Å². The Labute approximate surface area is 217 Å². The summed E-state index contributed by atoms with van der Waals surface area (Å²) < 4.78 is 12.5. The molecule has 2 saturated carbocycles. The predicted molar refractivity (Wildman–Crippen MR) is 142 cm³/mol. The SMILES string of the molecule is COc1ccc(-n2cc(-c3cccc(OC)c3)nc2NC(=O)CN(CC2CC2)C(=O)C2CCCC2)cc1. The fourth-order valence-electron chi connectivity index (χ4n) is 4.94. The van der Waals surface area contributed by atoms with Crippen molar-refractivity contribution in [3.63, 3.8) is 0 Å². The van der Waals surface area contributed by atoms with E-state index in [9.17, 15) is 9.59 Å². The third-order valence-electron chi connectivity index (χ3n) is 7.20. The van der Waals surface area contributed by atoms with E-state index in [4.69, 9.17) is 14.5 Å². The molecule has 0 unspecified atom stereocenters. The first kappa shape index (κ1) is 24.9. The first-order valence-electron chi connectivity index (χ1n) is 13.0. The van der Waals surface area contributed by atoms with Crippen LogP contribution in [0, 0.1) is 11.8 Å². The maximum Gasteiger partial charge on any atom is 0.246 e. The monoisotopic (exact) mass is 502 g/mol. The molecule has 2 aliphatic carbocycles. The van der Waals surface area contributed by atoms with Gasteiger partial charge in [-0.25, -0.2) is 4.98 Å². The number of anilines is 1. The topological polar surface area (TPSA) is 85.7 Å². The Bertz CT molecular complexity index is 1240. The van der Waals surface area contributed by atoms with Crippen molar-refractivity contribution in [3.8, 4) is 28.4 Å². The molecule has 0 spiro atoms. The van der Waals surface area contributed by atoms with Crippen molar-refractivity contribution in [1.29, 1.82) is 0 Å². The molecule has 37 heavy (non-hydrogen) atoms. The van der Waals surface area contributed by atoms with Crippen LogP contribution in [0.3, 0.4) is 0 Å². The third-order valence-corrected chi connectivity index (χ3v) is 7.20. The lowest BCUT2D eigenvalue weighted by Crippen LogP contribution is -2.42. The maximum atomic E-state index is 13.3. The largest absolute Gasteiger partial charge is 0.497 e. The van der Waals surface area contributed by atoms with Crippen molar-refractivity contribution in [2.75, 3.05) is 32.6 Å². The Hall–Kier alpha value is -3.81.